The summed E-state index contributed by atoms with van der Waals surface area (Å²) in [6.07, 6.45) is 2.32. The van der Waals surface area contributed by atoms with E-state index in [1.165, 1.54) is 23.1 Å². The summed E-state index contributed by atoms with van der Waals surface area (Å²) in [4.78, 5) is 0. The van der Waals surface area contributed by atoms with Gasteiger partial charge in [0.25, 0.3) is 0 Å². The number of fused-ring (bicyclic) bond motifs is 1. The fraction of sp³-hybridized carbons (Fsp3) is 0.333. The van der Waals surface area contributed by atoms with Crippen LogP contribution in [0.25, 0.3) is 5.57 Å². The van der Waals surface area contributed by atoms with Crippen LogP contribution in [0.15, 0.2) is 24.8 Å². The molecule has 1 aliphatic carbocycles. The van der Waals surface area contributed by atoms with E-state index in [1.54, 1.807) is 0 Å². The van der Waals surface area contributed by atoms with Gasteiger partial charge in [-0.2, -0.15) is 0 Å². The van der Waals surface area contributed by atoms with Crippen LogP contribution in [0.2, 0.25) is 5.02 Å². The van der Waals surface area contributed by atoms with Gasteiger partial charge in [-0.1, -0.05) is 31.2 Å². The van der Waals surface area contributed by atoms with Crippen molar-refractivity contribution in [2.75, 3.05) is 0 Å². The lowest BCUT2D eigenvalue weighted by Crippen LogP contribution is -2.05. The highest BCUT2D eigenvalue weighted by molar-refractivity contribution is 6.30. The average molecular weight is 193 g/mol. The molecule has 0 heterocycles. The maximum atomic E-state index is 5.95. The molecule has 0 spiro atoms. The van der Waals surface area contributed by atoms with E-state index < -0.39 is 0 Å². The first-order chi connectivity index (χ1) is 6.18. The quantitative estimate of drug-likeness (QED) is 0.577. The SMILES string of the molecule is C=C1CC[C@@H](C)c2ccc(Cl)cc21. The Bertz CT molecular complexity index is 352. The van der Waals surface area contributed by atoms with Crippen molar-refractivity contribution in [3.05, 3.63) is 40.9 Å². The lowest BCUT2D eigenvalue weighted by molar-refractivity contribution is 0.675. The summed E-state index contributed by atoms with van der Waals surface area (Å²) < 4.78 is 0. The molecular formula is C12H13Cl. The highest BCUT2D eigenvalue weighted by Crippen LogP contribution is 2.37. The zero-order valence-electron chi connectivity index (χ0n) is 7.81. The van der Waals surface area contributed by atoms with Crippen molar-refractivity contribution in [2.45, 2.75) is 25.7 Å². The Labute approximate surface area is 84.2 Å². The third-order valence-corrected chi connectivity index (χ3v) is 3.04. The van der Waals surface area contributed by atoms with Crippen LogP contribution >= 0.6 is 11.6 Å². The van der Waals surface area contributed by atoms with Gasteiger partial charge in [-0.25, -0.2) is 0 Å². The second-order valence-electron chi connectivity index (χ2n) is 3.77. The standard InChI is InChI=1S/C12H13Cl/c1-8-3-4-9(2)12-7-10(13)5-6-11(8)12/h5-8H,2-4H2,1H3/t8-/m1/s1. The molecule has 1 aliphatic rings. The van der Waals surface area contributed by atoms with Gasteiger partial charge >= 0.3 is 0 Å². The van der Waals surface area contributed by atoms with Crippen molar-refractivity contribution in [3.8, 4) is 0 Å². The van der Waals surface area contributed by atoms with Gasteiger partial charge in [0.15, 0.2) is 0 Å². The molecule has 0 fully saturated rings. The lowest BCUT2D eigenvalue weighted by Gasteiger charge is -2.24. The monoisotopic (exact) mass is 192 g/mol. The Kier molecular flexibility index (Phi) is 2.17. The summed E-state index contributed by atoms with van der Waals surface area (Å²) in [5.74, 6) is 0.651. The summed E-state index contributed by atoms with van der Waals surface area (Å²) >= 11 is 5.95. The zero-order valence-corrected chi connectivity index (χ0v) is 8.56. The maximum Gasteiger partial charge on any atom is 0.0412 e. The molecule has 1 aromatic rings. The molecule has 0 unspecified atom stereocenters. The van der Waals surface area contributed by atoms with E-state index in [9.17, 15) is 0 Å². The van der Waals surface area contributed by atoms with Crippen LogP contribution in [0.4, 0.5) is 0 Å². The first-order valence-corrected chi connectivity index (χ1v) is 5.04. The molecule has 0 saturated carbocycles. The van der Waals surface area contributed by atoms with E-state index >= 15 is 0 Å². The number of hydrogen-bond donors (Lipinski definition) is 0. The molecule has 0 amide bonds. The average Bonchev–Trinajstić information content (AvgIpc) is 2.12. The van der Waals surface area contributed by atoms with E-state index in [-0.39, 0.29) is 0 Å². The molecule has 1 heteroatoms. The Morgan fingerprint density at radius 2 is 2.23 bits per heavy atom. The smallest absolute Gasteiger partial charge is 0.0412 e. The number of hydrogen-bond acceptors (Lipinski definition) is 0. The molecule has 0 saturated heterocycles. The van der Waals surface area contributed by atoms with Crippen molar-refractivity contribution in [3.63, 3.8) is 0 Å². The van der Waals surface area contributed by atoms with Crippen molar-refractivity contribution in [2.24, 2.45) is 0 Å². The van der Waals surface area contributed by atoms with Gasteiger partial charge in [0.1, 0.15) is 0 Å². The molecule has 0 bridgehead atoms. The lowest BCUT2D eigenvalue weighted by atomic mass is 9.82. The maximum absolute atomic E-state index is 5.95. The minimum Gasteiger partial charge on any atom is -0.0952 e. The molecule has 1 aromatic carbocycles. The molecular weight excluding hydrogens is 180 g/mol. The van der Waals surface area contributed by atoms with E-state index in [4.69, 9.17) is 11.6 Å². The largest absolute Gasteiger partial charge is 0.0952 e. The first-order valence-electron chi connectivity index (χ1n) is 4.66. The Morgan fingerprint density at radius 3 is 3.00 bits per heavy atom. The normalized spacial score (nSPS) is 21.4. The van der Waals surface area contributed by atoms with Gasteiger partial charge in [0.2, 0.25) is 0 Å². The van der Waals surface area contributed by atoms with Crippen LogP contribution < -0.4 is 0 Å². The summed E-state index contributed by atoms with van der Waals surface area (Å²) in [5, 5.41) is 0.814. The van der Waals surface area contributed by atoms with Gasteiger partial charge in [-0.05, 0) is 47.6 Å². The molecule has 2 rings (SSSR count). The van der Waals surface area contributed by atoms with Crippen molar-refractivity contribution < 1.29 is 0 Å². The molecule has 13 heavy (non-hydrogen) atoms. The van der Waals surface area contributed by atoms with Gasteiger partial charge in [-0.15, -0.1) is 0 Å². The molecule has 0 aromatic heterocycles. The van der Waals surface area contributed by atoms with Crippen molar-refractivity contribution in [1.82, 2.24) is 0 Å². The highest BCUT2D eigenvalue weighted by atomic mass is 35.5. The predicted molar refractivity (Wildman–Crippen MR) is 58.1 cm³/mol. The molecule has 0 radical (unpaired) electrons. The summed E-state index contributed by atoms with van der Waals surface area (Å²) in [6.45, 7) is 6.34. The van der Waals surface area contributed by atoms with E-state index in [1.807, 2.05) is 12.1 Å². The highest BCUT2D eigenvalue weighted by Gasteiger charge is 2.18. The molecule has 68 valence electrons. The zero-order chi connectivity index (χ0) is 9.42. The minimum absolute atomic E-state index is 0.651. The van der Waals surface area contributed by atoms with Gasteiger partial charge in [0, 0.05) is 5.02 Å². The van der Waals surface area contributed by atoms with Crippen molar-refractivity contribution >= 4 is 17.2 Å². The first kappa shape index (κ1) is 8.83. The van der Waals surface area contributed by atoms with Crippen LogP contribution in [0.1, 0.15) is 36.8 Å². The van der Waals surface area contributed by atoms with Gasteiger partial charge in [-0.3, -0.25) is 0 Å². The summed E-state index contributed by atoms with van der Waals surface area (Å²) in [7, 11) is 0. The second kappa shape index (κ2) is 3.19. The fourth-order valence-corrected chi connectivity index (χ4v) is 2.12. The number of rotatable bonds is 0. The molecule has 0 N–H and O–H groups in total. The molecule has 0 aliphatic heterocycles. The third-order valence-electron chi connectivity index (χ3n) is 2.81. The van der Waals surface area contributed by atoms with E-state index in [2.05, 4.69) is 19.6 Å². The van der Waals surface area contributed by atoms with Crippen molar-refractivity contribution in [1.29, 1.82) is 0 Å². The van der Waals surface area contributed by atoms with Crippen LogP contribution in [0.3, 0.4) is 0 Å². The fourth-order valence-electron chi connectivity index (χ4n) is 1.95. The summed E-state index contributed by atoms with van der Waals surface area (Å²) in [6, 6.07) is 6.14. The number of benzene rings is 1. The Balaban J connectivity index is 2.57. The molecule has 0 nitrogen and oxygen atoms in total. The van der Waals surface area contributed by atoms with Gasteiger partial charge < -0.3 is 0 Å². The van der Waals surface area contributed by atoms with Crippen LogP contribution in [0, 0.1) is 0 Å². The predicted octanol–water partition coefficient (Wildman–Crippen LogP) is 4.25. The Morgan fingerprint density at radius 1 is 1.46 bits per heavy atom. The summed E-state index contributed by atoms with van der Waals surface area (Å²) in [5.41, 5.74) is 3.91. The van der Waals surface area contributed by atoms with Gasteiger partial charge in [0.05, 0.1) is 0 Å². The topological polar surface area (TPSA) is 0 Å². The third kappa shape index (κ3) is 1.51. The van der Waals surface area contributed by atoms with Crippen LogP contribution in [-0.4, -0.2) is 0 Å². The number of halogens is 1. The van der Waals surface area contributed by atoms with Crippen LogP contribution in [0.5, 0.6) is 0 Å². The minimum atomic E-state index is 0.651. The van der Waals surface area contributed by atoms with E-state index in [0.717, 1.165) is 11.4 Å². The number of allylic oxidation sites excluding steroid dienone is 1. The second-order valence-corrected chi connectivity index (χ2v) is 4.21. The molecule has 1 atom stereocenters. The Hall–Kier alpha value is -0.750. The van der Waals surface area contributed by atoms with Crippen LogP contribution in [-0.2, 0) is 0 Å². The van der Waals surface area contributed by atoms with E-state index in [0.29, 0.717) is 5.92 Å².